The molecular formula is C58H99NO3. The first-order valence-electron chi connectivity index (χ1n) is 26.1. The SMILES string of the molecule is CC/C=C\C/C=C\C/C=C\C/C=C\C/C=C\C/C=C\C/C=C\CCCCCCCCCCCCCCCCCCCCCC(=O)NC(CO)C(O)/C=C/CC/C=C/CCCCC. The van der Waals surface area contributed by atoms with E-state index < -0.39 is 12.1 Å². The molecule has 0 aromatic rings. The Morgan fingerprint density at radius 2 is 0.726 bits per heavy atom. The van der Waals surface area contributed by atoms with E-state index in [0.717, 1.165) is 77.0 Å². The third kappa shape index (κ3) is 48.1. The number of hydrogen-bond acceptors (Lipinski definition) is 3. The second-order valence-electron chi connectivity index (χ2n) is 17.2. The van der Waals surface area contributed by atoms with E-state index in [-0.39, 0.29) is 12.5 Å². The minimum Gasteiger partial charge on any atom is -0.394 e. The van der Waals surface area contributed by atoms with E-state index in [4.69, 9.17) is 0 Å². The number of unbranched alkanes of at least 4 members (excludes halogenated alkanes) is 23. The Labute approximate surface area is 385 Å². The molecule has 3 N–H and O–H groups in total. The number of nitrogens with one attached hydrogen (secondary N) is 1. The minimum atomic E-state index is -0.863. The molecule has 4 nitrogen and oxygen atoms in total. The Hall–Kier alpha value is -2.95. The molecule has 1 amide bonds. The molecule has 2 unspecified atom stereocenters. The summed E-state index contributed by atoms with van der Waals surface area (Å²) in [6.45, 7) is 4.12. The second-order valence-corrected chi connectivity index (χ2v) is 17.2. The molecule has 0 aromatic heterocycles. The Morgan fingerprint density at radius 3 is 1.13 bits per heavy atom. The average molecular weight is 858 g/mol. The van der Waals surface area contributed by atoms with Gasteiger partial charge in [-0.2, -0.15) is 0 Å². The van der Waals surface area contributed by atoms with Gasteiger partial charge in [0, 0.05) is 6.42 Å². The highest BCUT2D eigenvalue weighted by Crippen LogP contribution is 2.15. The van der Waals surface area contributed by atoms with Gasteiger partial charge in [0.05, 0.1) is 18.8 Å². The highest BCUT2D eigenvalue weighted by Gasteiger charge is 2.17. The first-order chi connectivity index (χ1) is 30.7. The van der Waals surface area contributed by atoms with Crippen LogP contribution in [0, 0.1) is 0 Å². The zero-order chi connectivity index (χ0) is 44.9. The molecule has 0 aromatic carbocycles. The summed E-state index contributed by atoms with van der Waals surface area (Å²) in [5.41, 5.74) is 0. The van der Waals surface area contributed by atoms with Crippen molar-refractivity contribution in [2.24, 2.45) is 0 Å². The monoisotopic (exact) mass is 858 g/mol. The van der Waals surface area contributed by atoms with Crippen LogP contribution in [-0.2, 0) is 4.79 Å². The molecule has 0 rings (SSSR count). The van der Waals surface area contributed by atoms with Crippen molar-refractivity contribution in [1.82, 2.24) is 5.32 Å². The van der Waals surface area contributed by atoms with Crippen molar-refractivity contribution in [2.75, 3.05) is 6.61 Å². The number of allylic oxidation sites excluding steroid dienone is 17. The predicted octanol–water partition coefficient (Wildman–Crippen LogP) is 17.1. The third-order valence-corrected chi connectivity index (χ3v) is 11.2. The molecule has 0 radical (unpaired) electrons. The Kier molecular flexibility index (Phi) is 49.9. The van der Waals surface area contributed by atoms with Crippen molar-refractivity contribution in [3.8, 4) is 0 Å². The molecule has 0 fully saturated rings. The van der Waals surface area contributed by atoms with Gasteiger partial charge >= 0.3 is 0 Å². The van der Waals surface area contributed by atoms with Crippen molar-refractivity contribution < 1.29 is 15.0 Å². The van der Waals surface area contributed by atoms with E-state index >= 15 is 0 Å². The molecule has 0 aliphatic carbocycles. The zero-order valence-corrected chi connectivity index (χ0v) is 40.6. The van der Waals surface area contributed by atoms with Gasteiger partial charge in [-0.3, -0.25) is 4.79 Å². The normalized spacial score (nSPS) is 13.8. The summed E-state index contributed by atoms with van der Waals surface area (Å²) in [5.74, 6) is -0.0784. The number of aliphatic hydroxyl groups is 2. The molecule has 0 saturated heterocycles. The predicted molar refractivity (Wildman–Crippen MR) is 276 cm³/mol. The van der Waals surface area contributed by atoms with Crippen LogP contribution in [0.4, 0.5) is 0 Å². The largest absolute Gasteiger partial charge is 0.394 e. The standard InChI is InChI=1S/C58H99NO3/c1-3-5-7-9-11-13-14-15-16-17-18-19-20-21-22-23-24-25-26-27-28-29-30-31-32-33-34-35-36-37-38-39-40-41-42-43-44-46-48-50-52-54-58(62)59-56(55-60)57(61)53-51-49-47-45-12-10-8-6-4-2/h5,7,11-13,15-16,18-19,21-22,24-25,27-28,45,51,53,56-57,60-61H,3-4,6,8-10,14,17,20,23,26,29-44,46-50,52,54-55H2,1-2H3,(H,59,62)/b7-5-,13-11-,16-15-,19-18-,22-21-,25-24-,28-27-,45-12+,53-51+. The number of rotatable bonds is 46. The van der Waals surface area contributed by atoms with Crippen LogP contribution < -0.4 is 5.32 Å². The van der Waals surface area contributed by atoms with Crippen molar-refractivity contribution in [1.29, 1.82) is 0 Å². The number of aliphatic hydroxyl groups excluding tert-OH is 2. The van der Waals surface area contributed by atoms with Gasteiger partial charge in [-0.15, -0.1) is 0 Å². The number of carbonyl (C=O) groups excluding carboxylic acids is 1. The highest BCUT2D eigenvalue weighted by molar-refractivity contribution is 5.76. The Balaban J connectivity index is 3.47. The Morgan fingerprint density at radius 1 is 0.403 bits per heavy atom. The van der Waals surface area contributed by atoms with Crippen LogP contribution in [0.3, 0.4) is 0 Å². The quantitative estimate of drug-likeness (QED) is 0.0422. The van der Waals surface area contributed by atoms with E-state index in [0.29, 0.717) is 6.42 Å². The topological polar surface area (TPSA) is 69.6 Å². The fourth-order valence-corrected chi connectivity index (χ4v) is 7.29. The first-order valence-corrected chi connectivity index (χ1v) is 26.1. The number of carbonyl (C=O) groups is 1. The van der Waals surface area contributed by atoms with Gasteiger partial charge in [0.15, 0.2) is 0 Å². The van der Waals surface area contributed by atoms with Gasteiger partial charge < -0.3 is 15.5 Å². The maximum absolute atomic E-state index is 12.4. The van der Waals surface area contributed by atoms with Crippen LogP contribution in [0.25, 0.3) is 0 Å². The highest BCUT2D eigenvalue weighted by atomic mass is 16.3. The van der Waals surface area contributed by atoms with Gasteiger partial charge in [-0.05, 0) is 89.9 Å². The molecule has 2 atom stereocenters. The van der Waals surface area contributed by atoms with E-state index in [1.54, 1.807) is 6.08 Å². The van der Waals surface area contributed by atoms with Gasteiger partial charge in [0.2, 0.25) is 5.91 Å². The summed E-state index contributed by atoms with van der Waals surface area (Å²) in [6.07, 6.45) is 79.7. The first kappa shape index (κ1) is 59.0. The lowest BCUT2D eigenvalue weighted by molar-refractivity contribution is -0.123. The zero-order valence-electron chi connectivity index (χ0n) is 40.6. The van der Waals surface area contributed by atoms with Crippen LogP contribution in [0.5, 0.6) is 0 Å². The lowest BCUT2D eigenvalue weighted by Crippen LogP contribution is -2.45. The van der Waals surface area contributed by atoms with Crippen LogP contribution in [0.15, 0.2) is 109 Å². The summed E-state index contributed by atoms with van der Waals surface area (Å²) in [5, 5.41) is 22.9. The van der Waals surface area contributed by atoms with Crippen LogP contribution in [0.2, 0.25) is 0 Å². The smallest absolute Gasteiger partial charge is 0.220 e. The van der Waals surface area contributed by atoms with Crippen molar-refractivity contribution in [2.45, 2.75) is 244 Å². The third-order valence-electron chi connectivity index (χ3n) is 11.2. The fourth-order valence-electron chi connectivity index (χ4n) is 7.29. The minimum absolute atomic E-state index is 0.0784. The molecule has 4 heteroatoms. The lowest BCUT2D eigenvalue weighted by Gasteiger charge is -2.19. The van der Waals surface area contributed by atoms with Gasteiger partial charge in [-0.25, -0.2) is 0 Å². The summed E-state index contributed by atoms with van der Waals surface area (Å²) in [7, 11) is 0. The molecule has 0 bridgehead atoms. The number of hydrogen-bond donors (Lipinski definition) is 3. The van der Waals surface area contributed by atoms with Crippen LogP contribution >= 0.6 is 0 Å². The number of amides is 1. The molecule has 0 saturated carbocycles. The summed E-state index contributed by atoms with van der Waals surface area (Å²) in [6, 6.07) is -0.640. The van der Waals surface area contributed by atoms with Crippen molar-refractivity contribution in [3.05, 3.63) is 109 Å². The lowest BCUT2D eigenvalue weighted by atomic mass is 10.0. The van der Waals surface area contributed by atoms with E-state index in [2.05, 4.69) is 116 Å². The maximum Gasteiger partial charge on any atom is 0.220 e. The Bertz CT molecular complexity index is 1200. The average Bonchev–Trinajstić information content (AvgIpc) is 3.28. The molecular weight excluding hydrogens is 759 g/mol. The maximum atomic E-state index is 12.4. The summed E-state index contributed by atoms with van der Waals surface area (Å²) < 4.78 is 0. The molecule has 0 heterocycles. The van der Waals surface area contributed by atoms with Gasteiger partial charge in [-0.1, -0.05) is 245 Å². The van der Waals surface area contributed by atoms with Gasteiger partial charge in [0.25, 0.3) is 0 Å². The van der Waals surface area contributed by atoms with E-state index in [9.17, 15) is 15.0 Å². The second kappa shape index (κ2) is 52.4. The summed E-state index contributed by atoms with van der Waals surface area (Å²) in [4.78, 5) is 12.4. The van der Waals surface area contributed by atoms with Gasteiger partial charge in [0.1, 0.15) is 0 Å². The van der Waals surface area contributed by atoms with E-state index in [1.807, 2.05) is 6.08 Å². The fraction of sp³-hybridized carbons (Fsp3) is 0.672. The van der Waals surface area contributed by atoms with Crippen LogP contribution in [-0.4, -0.2) is 34.9 Å². The molecule has 0 aliphatic heterocycles. The van der Waals surface area contributed by atoms with E-state index in [1.165, 1.54) is 135 Å². The summed E-state index contributed by atoms with van der Waals surface area (Å²) >= 11 is 0. The van der Waals surface area contributed by atoms with Crippen molar-refractivity contribution in [3.63, 3.8) is 0 Å². The molecule has 0 aliphatic rings. The van der Waals surface area contributed by atoms with Crippen molar-refractivity contribution >= 4 is 5.91 Å². The van der Waals surface area contributed by atoms with Crippen LogP contribution in [0.1, 0.15) is 232 Å². The molecule has 0 spiro atoms. The molecule has 354 valence electrons. The molecule has 62 heavy (non-hydrogen) atoms.